The summed E-state index contributed by atoms with van der Waals surface area (Å²) in [5, 5.41) is 10.8. The number of hydrogen-bond donors (Lipinski definition) is 1. The van der Waals surface area contributed by atoms with Gasteiger partial charge in [0.25, 0.3) is 5.69 Å². The van der Waals surface area contributed by atoms with Gasteiger partial charge in [0.1, 0.15) is 0 Å². The van der Waals surface area contributed by atoms with Crippen molar-refractivity contribution >= 4 is 59.2 Å². The maximum atomic E-state index is 10.8. The molecule has 1 heterocycles. The van der Waals surface area contributed by atoms with Gasteiger partial charge in [-0.1, -0.05) is 0 Å². The Morgan fingerprint density at radius 1 is 1.15 bits per heavy atom. The van der Waals surface area contributed by atoms with Gasteiger partial charge in [-0.15, -0.1) is 0 Å². The van der Waals surface area contributed by atoms with E-state index >= 15 is 0 Å². The summed E-state index contributed by atoms with van der Waals surface area (Å²) in [6, 6.07) is 4.35. The van der Waals surface area contributed by atoms with E-state index in [0.717, 1.165) is 0 Å². The van der Waals surface area contributed by atoms with E-state index in [2.05, 4.69) is 52.8 Å². The van der Waals surface area contributed by atoms with Gasteiger partial charge in [0.2, 0.25) is 5.88 Å². The molecule has 0 aliphatic carbocycles. The second kappa shape index (κ2) is 6.06. The molecule has 0 radical (unpaired) electrons. The predicted octanol–water partition coefficient (Wildman–Crippen LogP) is 4.65. The Morgan fingerprint density at radius 2 is 1.75 bits per heavy atom. The van der Waals surface area contributed by atoms with Gasteiger partial charge in [0, 0.05) is 12.1 Å². The lowest BCUT2D eigenvalue weighted by atomic mass is 10.3. The van der Waals surface area contributed by atoms with Crippen LogP contribution in [0.3, 0.4) is 0 Å². The van der Waals surface area contributed by atoms with Crippen molar-refractivity contribution in [2.24, 2.45) is 0 Å². The lowest BCUT2D eigenvalue weighted by Gasteiger charge is -2.10. The summed E-state index contributed by atoms with van der Waals surface area (Å²) >= 11 is 9.76. The normalized spacial score (nSPS) is 10.3. The minimum atomic E-state index is -0.489. The standard InChI is InChI=1S/C11H6Br3N3O3/c12-7-2-6(17(18)19)3-8(13)10(7)20-11-9(14)1-5(15)4-16-11/h1-4H,15H2. The molecule has 9 heteroatoms. The van der Waals surface area contributed by atoms with Gasteiger partial charge in [-0.3, -0.25) is 10.1 Å². The SMILES string of the molecule is Nc1cnc(Oc2c(Br)cc([N+](=O)[O-])cc2Br)c(Br)c1. The van der Waals surface area contributed by atoms with E-state index in [1.807, 2.05) is 0 Å². The molecule has 0 aliphatic rings. The fourth-order valence-electron chi connectivity index (χ4n) is 1.36. The minimum Gasteiger partial charge on any atom is -0.435 e. The van der Waals surface area contributed by atoms with Crippen molar-refractivity contribution < 1.29 is 9.66 Å². The molecule has 0 amide bonds. The third-order valence-corrected chi connectivity index (χ3v) is 3.97. The molecule has 0 atom stereocenters. The Kier molecular flexibility index (Phi) is 4.61. The van der Waals surface area contributed by atoms with Crippen LogP contribution in [-0.2, 0) is 0 Å². The number of nitro benzene ring substituents is 1. The first kappa shape index (κ1) is 15.2. The number of nitrogens with zero attached hydrogens (tertiary/aromatic N) is 2. The molecule has 20 heavy (non-hydrogen) atoms. The number of rotatable bonds is 3. The van der Waals surface area contributed by atoms with E-state index in [1.165, 1.54) is 18.3 Å². The van der Waals surface area contributed by atoms with Gasteiger partial charge in [0.05, 0.1) is 30.2 Å². The number of nitrogens with two attached hydrogens (primary N) is 1. The smallest absolute Gasteiger partial charge is 0.271 e. The molecule has 0 saturated heterocycles. The third-order valence-electron chi connectivity index (χ3n) is 2.22. The number of non-ortho nitro benzene ring substituents is 1. The number of halogens is 3. The number of nitro groups is 1. The van der Waals surface area contributed by atoms with Crippen LogP contribution in [0.1, 0.15) is 0 Å². The largest absolute Gasteiger partial charge is 0.435 e. The second-order valence-electron chi connectivity index (χ2n) is 3.65. The maximum absolute atomic E-state index is 10.8. The van der Waals surface area contributed by atoms with Gasteiger partial charge < -0.3 is 10.5 Å². The van der Waals surface area contributed by atoms with Crippen LogP contribution in [0.2, 0.25) is 0 Å². The van der Waals surface area contributed by atoms with E-state index in [1.54, 1.807) is 6.07 Å². The summed E-state index contributed by atoms with van der Waals surface area (Å²) in [6.07, 6.45) is 1.45. The number of aromatic nitrogens is 1. The van der Waals surface area contributed by atoms with Crippen LogP contribution in [0.15, 0.2) is 37.8 Å². The summed E-state index contributed by atoms with van der Waals surface area (Å²) in [4.78, 5) is 14.3. The molecule has 1 aromatic heterocycles. The van der Waals surface area contributed by atoms with Crippen LogP contribution in [0.5, 0.6) is 11.6 Å². The lowest BCUT2D eigenvalue weighted by molar-refractivity contribution is -0.385. The quantitative estimate of drug-likeness (QED) is 0.524. The van der Waals surface area contributed by atoms with Crippen molar-refractivity contribution in [1.82, 2.24) is 4.98 Å². The lowest BCUT2D eigenvalue weighted by Crippen LogP contribution is -1.95. The van der Waals surface area contributed by atoms with Crippen LogP contribution in [0.25, 0.3) is 0 Å². The van der Waals surface area contributed by atoms with Crippen LogP contribution in [0.4, 0.5) is 11.4 Å². The fourth-order valence-corrected chi connectivity index (χ4v) is 3.13. The number of benzene rings is 1. The summed E-state index contributed by atoms with van der Waals surface area (Å²) in [7, 11) is 0. The highest BCUT2D eigenvalue weighted by atomic mass is 79.9. The molecule has 0 aliphatic heterocycles. The Labute approximate surface area is 138 Å². The summed E-state index contributed by atoms with van der Waals surface area (Å²) in [6.45, 7) is 0. The first-order valence-electron chi connectivity index (χ1n) is 5.11. The Bertz CT molecular complexity index is 671. The fraction of sp³-hybridized carbons (Fsp3) is 0. The molecule has 0 fully saturated rings. The van der Waals surface area contributed by atoms with Crippen molar-refractivity contribution in [2.45, 2.75) is 0 Å². The average molecular weight is 468 g/mol. The van der Waals surface area contributed by atoms with Crippen molar-refractivity contribution in [3.63, 3.8) is 0 Å². The van der Waals surface area contributed by atoms with Gasteiger partial charge in [-0.05, 0) is 53.9 Å². The number of ether oxygens (including phenoxy) is 1. The molecule has 2 rings (SSSR count). The van der Waals surface area contributed by atoms with Crippen molar-refractivity contribution in [3.05, 3.63) is 47.9 Å². The Hall–Kier alpha value is -1.19. The molecule has 0 spiro atoms. The molecular formula is C11H6Br3N3O3. The summed E-state index contributed by atoms with van der Waals surface area (Å²) in [5.74, 6) is 0.683. The minimum absolute atomic E-state index is 0.0552. The maximum Gasteiger partial charge on any atom is 0.271 e. The highest BCUT2D eigenvalue weighted by Crippen LogP contribution is 2.40. The van der Waals surface area contributed by atoms with Crippen LogP contribution in [0, 0.1) is 10.1 Å². The topological polar surface area (TPSA) is 91.3 Å². The second-order valence-corrected chi connectivity index (χ2v) is 6.22. The van der Waals surface area contributed by atoms with E-state index in [-0.39, 0.29) is 5.69 Å². The molecule has 0 bridgehead atoms. The number of pyridine rings is 1. The zero-order valence-corrected chi connectivity index (χ0v) is 14.4. The van der Waals surface area contributed by atoms with E-state index in [4.69, 9.17) is 10.5 Å². The number of hydrogen-bond acceptors (Lipinski definition) is 5. The van der Waals surface area contributed by atoms with E-state index in [0.29, 0.717) is 30.7 Å². The molecule has 104 valence electrons. The summed E-state index contributed by atoms with van der Waals surface area (Å²) < 4.78 is 7.08. The monoisotopic (exact) mass is 465 g/mol. The molecule has 2 aromatic rings. The summed E-state index contributed by atoms with van der Waals surface area (Å²) in [5.41, 5.74) is 6.03. The molecule has 0 saturated carbocycles. The third kappa shape index (κ3) is 3.28. The highest BCUT2D eigenvalue weighted by Gasteiger charge is 2.17. The predicted molar refractivity (Wildman–Crippen MR) is 84.9 cm³/mol. The Balaban J connectivity index is 2.41. The van der Waals surface area contributed by atoms with Crippen molar-refractivity contribution in [3.8, 4) is 11.6 Å². The van der Waals surface area contributed by atoms with Gasteiger partial charge in [-0.2, -0.15) is 0 Å². The molecule has 1 aromatic carbocycles. The van der Waals surface area contributed by atoms with Crippen molar-refractivity contribution in [2.75, 3.05) is 5.73 Å². The molecule has 6 nitrogen and oxygen atoms in total. The van der Waals surface area contributed by atoms with E-state index in [9.17, 15) is 10.1 Å². The first-order valence-corrected chi connectivity index (χ1v) is 7.48. The van der Waals surface area contributed by atoms with Crippen LogP contribution < -0.4 is 10.5 Å². The molecule has 2 N–H and O–H groups in total. The van der Waals surface area contributed by atoms with Crippen molar-refractivity contribution in [1.29, 1.82) is 0 Å². The zero-order chi connectivity index (χ0) is 14.9. The van der Waals surface area contributed by atoms with Crippen LogP contribution >= 0.6 is 47.8 Å². The highest BCUT2D eigenvalue weighted by molar-refractivity contribution is 9.11. The number of anilines is 1. The van der Waals surface area contributed by atoms with Gasteiger partial charge >= 0.3 is 0 Å². The van der Waals surface area contributed by atoms with Gasteiger partial charge in [-0.25, -0.2) is 4.98 Å². The molecule has 0 unspecified atom stereocenters. The molecular weight excluding hydrogens is 462 g/mol. The van der Waals surface area contributed by atoms with Gasteiger partial charge in [0.15, 0.2) is 5.75 Å². The zero-order valence-electron chi connectivity index (χ0n) is 9.64. The van der Waals surface area contributed by atoms with Crippen LogP contribution in [-0.4, -0.2) is 9.91 Å². The van der Waals surface area contributed by atoms with E-state index < -0.39 is 4.92 Å². The average Bonchev–Trinajstić information content (AvgIpc) is 2.35. The Morgan fingerprint density at radius 3 is 2.25 bits per heavy atom. The number of nitrogen functional groups attached to an aromatic ring is 1. The first-order chi connectivity index (χ1) is 9.38.